The molecule has 0 saturated heterocycles. The zero-order chi connectivity index (χ0) is 9.03. The van der Waals surface area contributed by atoms with Crippen LogP contribution in [0.4, 0.5) is 8.78 Å². The van der Waals surface area contributed by atoms with Gasteiger partial charge in [-0.3, -0.25) is 4.99 Å². The molecule has 0 aromatic heterocycles. The number of amidine groups is 1. The van der Waals surface area contributed by atoms with Gasteiger partial charge in [-0.2, -0.15) is 0 Å². The normalized spacial score (nSPS) is 17.8. The molecule has 0 aliphatic carbocycles. The summed E-state index contributed by atoms with van der Waals surface area (Å²) in [4.78, 5) is 3.96. The summed E-state index contributed by atoms with van der Waals surface area (Å²) < 4.78 is 24.9. The molecule has 1 rings (SSSR count). The van der Waals surface area contributed by atoms with Crippen LogP contribution >= 0.6 is 0 Å². The van der Waals surface area contributed by atoms with Gasteiger partial charge in [-0.25, -0.2) is 8.78 Å². The summed E-state index contributed by atoms with van der Waals surface area (Å²) in [6.07, 6.45) is 1.66. The molecule has 0 bridgehead atoms. The van der Waals surface area contributed by atoms with Crippen molar-refractivity contribution in [3.63, 3.8) is 0 Å². The minimum Gasteiger partial charge on any atom is -0.390 e. The minimum atomic E-state index is -3.04. The predicted octanol–water partition coefficient (Wildman–Crippen LogP) is 0.396. The summed E-state index contributed by atoms with van der Waals surface area (Å²) >= 11 is 0. The van der Waals surface area contributed by atoms with Crippen LogP contribution in [0.1, 0.15) is 12.8 Å². The number of hydrogen-bond donors (Lipinski definition) is 2. The first-order valence-electron chi connectivity index (χ1n) is 3.90. The Labute approximate surface area is 69.5 Å². The van der Waals surface area contributed by atoms with Crippen molar-refractivity contribution in [2.75, 3.05) is 19.7 Å². The van der Waals surface area contributed by atoms with Gasteiger partial charge in [-0.05, 0) is 6.42 Å². The zero-order valence-corrected chi connectivity index (χ0v) is 6.69. The van der Waals surface area contributed by atoms with E-state index in [4.69, 9.17) is 5.11 Å². The van der Waals surface area contributed by atoms with E-state index in [2.05, 4.69) is 10.3 Å². The van der Waals surface area contributed by atoms with E-state index in [-0.39, 0.29) is 0 Å². The topological polar surface area (TPSA) is 44.6 Å². The van der Waals surface area contributed by atoms with Crippen molar-refractivity contribution in [3.8, 4) is 0 Å². The lowest BCUT2D eigenvalue weighted by Crippen LogP contribution is -2.38. The number of rotatable bonds is 3. The van der Waals surface area contributed by atoms with Crippen molar-refractivity contribution >= 4 is 5.84 Å². The number of halogens is 2. The van der Waals surface area contributed by atoms with Crippen LogP contribution in [0, 0.1) is 0 Å². The molecule has 1 aliphatic rings. The molecule has 1 aliphatic heterocycles. The van der Waals surface area contributed by atoms with Crippen molar-refractivity contribution in [3.05, 3.63) is 0 Å². The Kier molecular flexibility index (Phi) is 2.97. The molecule has 0 atom stereocenters. The van der Waals surface area contributed by atoms with Crippen LogP contribution < -0.4 is 5.32 Å². The van der Waals surface area contributed by atoms with Crippen molar-refractivity contribution < 1.29 is 13.9 Å². The Morgan fingerprint density at radius 2 is 2.33 bits per heavy atom. The summed E-state index contributed by atoms with van der Waals surface area (Å²) in [6.45, 7) is -0.928. The van der Waals surface area contributed by atoms with E-state index < -0.39 is 19.1 Å². The molecule has 5 heteroatoms. The van der Waals surface area contributed by atoms with E-state index in [1.807, 2.05) is 0 Å². The molecule has 0 saturated carbocycles. The zero-order valence-electron chi connectivity index (χ0n) is 6.69. The number of hydrogen-bond acceptors (Lipinski definition) is 3. The number of nitrogens with one attached hydrogen (secondary N) is 1. The van der Waals surface area contributed by atoms with Crippen LogP contribution in [0.5, 0.6) is 0 Å². The van der Waals surface area contributed by atoms with Gasteiger partial charge in [-0.1, -0.05) is 0 Å². The van der Waals surface area contributed by atoms with Crippen LogP contribution in [0.2, 0.25) is 0 Å². The van der Waals surface area contributed by atoms with Gasteiger partial charge < -0.3 is 10.4 Å². The summed E-state index contributed by atoms with van der Waals surface area (Å²) in [7, 11) is 0. The molecule has 0 amide bonds. The van der Waals surface area contributed by atoms with Crippen molar-refractivity contribution in [1.29, 1.82) is 0 Å². The fourth-order valence-corrected chi connectivity index (χ4v) is 0.971. The highest BCUT2D eigenvalue weighted by molar-refractivity contribution is 5.83. The van der Waals surface area contributed by atoms with Gasteiger partial charge in [0.25, 0.3) is 5.92 Å². The molecule has 1 heterocycles. The number of nitrogens with zero attached hydrogens (tertiary/aromatic N) is 1. The van der Waals surface area contributed by atoms with E-state index in [1.165, 1.54) is 0 Å². The average molecular weight is 178 g/mol. The second-order valence-corrected chi connectivity index (χ2v) is 2.80. The molecule has 70 valence electrons. The number of alkyl halides is 2. The van der Waals surface area contributed by atoms with Gasteiger partial charge in [-0.15, -0.1) is 0 Å². The molecule has 2 N–H and O–H groups in total. The highest BCUT2D eigenvalue weighted by Crippen LogP contribution is 2.10. The van der Waals surface area contributed by atoms with Crippen LogP contribution in [-0.2, 0) is 0 Å². The summed E-state index contributed by atoms with van der Waals surface area (Å²) in [5, 5.41) is 10.8. The fraction of sp³-hybridized carbons (Fsp3) is 0.857. The second-order valence-electron chi connectivity index (χ2n) is 2.80. The lowest BCUT2D eigenvalue weighted by atomic mass is 10.3. The standard InChI is InChI=1S/C7H12F2N2O/c8-7(9,5-12)4-11-6-2-1-3-10-6/h12H,1-5H2,(H,10,11). The van der Waals surface area contributed by atoms with Gasteiger partial charge in [0.15, 0.2) is 0 Å². The average Bonchev–Trinajstić information content (AvgIpc) is 2.53. The highest BCUT2D eigenvalue weighted by Gasteiger charge is 2.27. The van der Waals surface area contributed by atoms with Gasteiger partial charge in [0.05, 0.1) is 12.4 Å². The minimum absolute atomic E-state index is 0.525. The predicted molar refractivity (Wildman–Crippen MR) is 41.6 cm³/mol. The third kappa shape index (κ3) is 2.73. The Morgan fingerprint density at radius 1 is 1.58 bits per heavy atom. The monoisotopic (exact) mass is 178 g/mol. The molecule has 0 radical (unpaired) electrons. The van der Waals surface area contributed by atoms with Crippen molar-refractivity contribution in [2.24, 2.45) is 4.99 Å². The summed E-state index contributed by atoms with van der Waals surface area (Å²) in [6, 6.07) is 0. The maximum atomic E-state index is 12.4. The lowest BCUT2D eigenvalue weighted by Gasteiger charge is -2.14. The lowest BCUT2D eigenvalue weighted by molar-refractivity contribution is -0.0443. The molecular weight excluding hydrogens is 166 g/mol. The molecule has 0 aromatic carbocycles. The smallest absolute Gasteiger partial charge is 0.287 e. The van der Waals surface area contributed by atoms with Crippen LogP contribution in [-0.4, -0.2) is 36.6 Å². The quantitative estimate of drug-likeness (QED) is 0.656. The second kappa shape index (κ2) is 3.80. The number of aliphatic hydroxyl groups is 1. The number of aliphatic imine (C=N–C) groups is 1. The molecule has 0 spiro atoms. The molecule has 0 fully saturated rings. The molecule has 0 unspecified atom stereocenters. The molecule has 3 nitrogen and oxygen atoms in total. The maximum absolute atomic E-state index is 12.4. The first kappa shape index (κ1) is 9.38. The SMILES string of the molecule is OCC(F)(F)CNC1=NCCC1. The number of aliphatic hydroxyl groups excluding tert-OH is 1. The van der Waals surface area contributed by atoms with Crippen molar-refractivity contribution in [1.82, 2.24) is 5.32 Å². The molecule has 0 aromatic rings. The van der Waals surface area contributed by atoms with Gasteiger partial charge in [0.2, 0.25) is 0 Å². The summed E-state index contributed by atoms with van der Waals surface area (Å²) in [5.74, 6) is -2.41. The highest BCUT2D eigenvalue weighted by atomic mass is 19.3. The Hall–Kier alpha value is -0.710. The van der Waals surface area contributed by atoms with Gasteiger partial charge >= 0.3 is 0 Å². The van der Waals surface area contributed by atoms with E-state index in [9.17, 15) is 8.78 Å². The maximum Gasteiger partial charge on any atom is 0.287 e. The van der Waals surface area contributed by atoms with Crippen LogP contribution in [0.3, 0.4) is 0 Å². The largest absolute Gasteiger partial charge is 0.390 e. The van der Waals surface area contributed by atoms with E-state index >= 15 is 0 Å². The van der Waals surface area contributed by atoms with E-state index in [0.29, 0.717) is 12.4 Å². The van der Waals surface area contributed by atoms with E-state index in [1.54, 1.807) is 0 Å². The third-order valence-electron chi connectivity index (χ3n) is 1.66. The first-order valence-corrected chi connectivity index (χ1v) is 3.90. The van der Waals surface area contributed by atoms with Crippen molar-refractivity contribution in [2.45, 2.75) is 18.8 Å². The molecular formula is C7H12F2N2O. The van der Waals surface area contributed by atoms with Crippen LogP contribution in [0.15, 0.2) is 4.99 Å². The van der Waals surface area contributed by atoms with Gasteiger partial charge in [0, 0.05) is 13.0 Å². The third-order valence-corrected chi connectivity index (χ3v) is 1.66. The van der Waals surface area contributed by atoms with Crippen LogP contribution in [0.25, 0.3) is 0 Å². The fourth-order valence-electron chi connectivity index (χ4n) is 0.971. The molecule has 12 heavy (non-hydrogen) atoms. The Balaban J connectivity index is 2.24. The van der Waals surface area contributed by atoms with E-state index in [0.717, 1.165) is 12.8 Å². The Bertz CT molecular complexity index is 182. The first-order chi connectivity index (χ1) is 5.64. The summed E-state index contributed by atoms with van der Waals surface area (Å²) in [5.41, 5.74) is 0. The Morgan fingerprint density at radius 3 is 2.83 bits per heavy atom. The van der Waals surface area contributed by atoms with Gasteiger partial charge in [0.1, 0.15) is 6.61 Å².